The fourth-order valence-electron chi connectivity index (χ4n) is 7.49. The van der Waals surface area contributed by atoms with Gasteiger partial charge in [-0.2, -0.15) is 0 Å². The summed E-state index contributed by atoms with van der Waals surface area (Å²) in [6.45, 7) is 30.8. The van der Waals surface area contributed by atoms with E-state index >= 15 is 0 Å². The quantitative estimate of drug-likeness (QED) is 0.0530. The van der Waals surface area contributed by atoms with Crippen molar-refractivity contribution in [2.24, 2.45) is 17.8 Å². The van der Waals surface area contributed by atoms with Gasteiger partial charge in [0.25, 0.3) is 0 Å². The summed E-state index contributed by atoms with van der Waals surface area (Å²) >= 11 is 0. The molecule has 0 bridgehead atoms. The predicted octanol–water partition coefficient (Wildman–Crippen LogP) is 13.9. The molecule has 1 saturated carbocycles. The molecule has 2 radical (unpaired) electrons. The van der Waals surface area contributed by atoms with Gasteiger partial charge >= 0.3 is 0 Å². The van der Waals surface area contributed by atoms with Gasteiger partial charge in [0.15, 0.2) is 11.6 Å². The predicted molar refractivity (Wildman–Crippen MR) is 242 cm³/mol. The van der Waals surface area contributed by atoms with Gasteiger partial charge in [0, 0.05) is 28.5 Å². The van der Waals surface area contributed by atoms with E-state index in [0.717, 1.165) is 84.0 Å². The van der Waals surface area contributed by atoms with Gasteiger partial charge in [0.1, 0.15) is 6.29 Å². The third kappa shape index (κ3) is 15.7. The van der Waals surface area contributed by atoms with Crippen LogP contribution in [0.5, 0.6) is 0 Å². The van der Waals surface area contributed by atoms with Crippen LogP contribution in [0.1, 0.15) is 190 Å². The van der Waals surface area contributed by atoms with Gasteiger partial charge in [-0.1, -0.05) is 151 Å². The minimum absolute atomic E-state index is 0.0345. The lowest BCUT2D eigenvalue weighted by Gasteiger charge is -2.19. The van der Waals surface area contributed by atoms with Crippen LogP contribution in [0.4, 0.5) is 0 Å². The maximum Gasteiger partial charge on any atom is 0.168 e. The van der Waals surface area contributed by atoms with E-state index in [1.165, 1.54) is 61.3 Å². The Morgan fingerprint density at radius 2 is 1.53 bits per heavy atom. The highest BCUT2D eigenvalue weighted by molar-refractivity contribution is 6.12. The first-order chi connectivity index (χ1) is 26.5. The van der Waals surface area contributed by atoms with Crippen LogP contribution in [0.15, 0.2) is 43.0 Å². The third-order valence-corrected chi connectivity index (χ3v) is 11.0. The zero-order valence-electron chi connectivity index (χ0n) is 37.7. The second kappa shape index (κ2) is 29.1. The number of carbonyl (C=O) groups is 3. The standard InChI is InChI=1S/C31H38BNO2.C8H18.C7H12O.2C2H6/c1-5-8-25(13-14-27-23(6-2)9-7-10-26(27)24-11-12-24)31(35)29-21(4)33(15-16-34)30-20(3)17-22(19-32)18-28(29)30;1-4-7-8(5-2)6-3;1-4-6(3)7(8)5-2;2*1-2/h7,9-10,16-18,24-25H,5-6,8,11-15,19H2,1-4H3;8H,4-7H2,1-3H3;5-6H,2,4H2,1,3H3;2*1-2H3. The Labute approximate surface area is 340 Å². The fraction of sp³-hybridized carbons (Fsp3) is 0.620. The van der Waals surface area contributed by atoms with Crippen LogP contribution in [-0.4, -0.2) is 30.3 Å². The van der Waals surface area contributed by atoms with Gasteiger partial charge in [-0.05, 0) is 105 Å². The van der Waals surface area contributed by atoms with E-state index in [2.05, 4.69) is 71.5 Å². The van der Waals surface area contributed by atoms with Crippen molar-refractivity contribution < 1.29 is 14.4 Å². The average Bonchev–Trinajstić information content (AvgIpc) is 4.03. The smallest absolute Gasteiger partial charge is 0.168 e. The highest BCUT2D eigenvalue weighted by Crippen LogP contribution is 2.43. The van der Waals surface area contributed by atoms with Crippen molar-refractivity contribution in [3.63, 3.8) is 0 Å². The van der Waals surface area contributed by atoms with Crippen molar-refractivity contribution in [1.82, 2.24) is 4.57 Å². The number of allylic oxidation sites excluding steroid dienone is 1. The zero-order valence-corrected chi connectivity index (χ0v) is 37.7. The molecule has 0 aliphatic heterocycles. The Morgan fingerprint density at radius 3 is 1.96 bits per heavy atom. The summed E-state index contributed by atoms with van der Waals surface area (Å²) in [5.74, 6) is 2.19. The van der Waals surface area contributed by atoms with Crippen molar-refractivity contribution in [3.05, 3.63) is 82.1 Å². The number of aromatic nitrogens is 1. The number of Topliss-reactive ketones (excluding diaryl/α,β-unsaturated/α-hetero) is 1. The van der Waals surface area contributed by atoms with Gasteiger partial charge in [-0.25, -0.2) is 0 Å². The highest BCUT2D eigenvalue weighted by Gasteiger charge is 2.30. The van der Waals surface area contributed by atoms with Gasteiger partial charge in [-0.15, -0.1) is 0 Å². The molecule has 5 heteroatoms. The molecule has 55 heavy (non-hydrogen) atoms. The average molecular weight is 754 g/mol. The Bertz CT molecular complexity index is 1560. The molecular weight excluding hydrogens is 673 g/mol. The van der Waals surface area contributed by atoms with Crippen molar-refractivity contribution in [2.45, 2.75) is 186 Å². The molecule has 1 fully saturated rings. The van der Waals surface area contributed by atoms with Crippen molar-refractivity contribution in [3.8, 4) is 0 Å². The molecule has 3 aromatic rings. The van der Waals surface area contributed by atoms with Crippen LogP contribution >= 0.6 is 0 Å². The topological polar surface area (TPSA) is 56.1 Å². The SMILES string of the molecule is C=CC(=O)C(C)CC.CC.CC.CCCC(CC)CC.[B]Cc1cc(C)c2c(c1)c(C(=O)C(CCC)CCc1c(CC)cccc1C1CC1)c(C)n2CC=O. The Morgan fingerprint density at radius 1 is 0.909 bits per heavy atom. The van der Waals surface area contributed by atoms with E-state index in [4.69, 9.17) is 7.85 Å². The van der Waals surface area contributed by atoms with E-state index in [1.54, 1.807) is 0 Å². The lowest BCUT2D eigenvalue weighted by molar-refractivity contribution is -0.117. The molecule has 0 amide bonds. The van der Waals surface area contributed by atoms with E-state index in [0.29, 0.717) is 12.2 Å². The number of hydrogen-bond donors (Lipinski definition) is 0. The van der Waals surface area contributed by atoms with E-state index < -0.39 is 0 Å². The maximum absolute atomic E-state index is 14.2. The van der Waals surface area contributed by atoms with Crippen LogP contribution in [-0.2, 0) is 35.3 Å². The Hall–Kier alpha value is -3.21. The zero-order chi connectivity index (χ0) is 42.1. The lowest BCUT2D eigenvalue weighted by atomic mass is 9.84. The monoisotopic (exact) mass is 754 g/mol. The second-order valence-electron chi connectivity index (χ2n) is 14.6. The number of benzene rings is 2. The van der Waals surface area contributed by atoms with E-state index in [9.17, 15) is 14.4 Å². The molecule has 4 rings (SSSR count). The van der Waals surface area contributed by atoms with Crippen LogP contribution in [0, 0.1) is 31.6 Å². The van der Waals surface area contributed by atoms with E-state index in [1.807, 2.05) is 60.0 Å². The minimum Gasteiger partial charge on any atom is -0.337 e. The summed E-state index contributed by atoms with van der Waals surface area (Å²) < 4.78 is 2.01. The molecule has 1 aliphatic rings. The summed E-state index contributed by atoms with van der Waals surface area (Å²) in [5.41, 5.74) is 9.15. The molecule has 2 aromatic carbocycles. The number of fused-ring (bicyclic) bond motifs is 1. The first kappa shape index (κ1) is 51.8. The molecule has 1 aromatic heterocycles. The van der Waals surface area contributed by atoms with Crippen LogP contribution in [0.3, 0.4) is 0 Å². The summed E-state index contributed by atoms with van der Waals surface area (Å²) in [6.07, 6.45) is 16.4. The molecule has 0 N–H and O–H groups in total. The third-order valence-electron chi connectivity index (χ3n) is 11.0. The highest BCUT2D eigenvalue weighted by atomic mass is 16.1. The molecule has 4 nitrogen and oxygen atoms in total. The van der Waals surface area contributed by atoms with Gasteiger partial charge in [0.05, 0.1) is 19.9 Å². The van der Waals surface area contributed by atoms with Gasteiger partial charge in [-0.3, -0.25) is 9.59 Å². The first-order valence-corrected chi connectivity index (χ1v) is 22.1. The van der Waals surface area contributed by atoms with Crippen LogP contribution in [0.2, 0.25) is 0 Å². The molecule has 306 valence electrons. The summed E-state index contributed by atoms with van der Waals surface area (Å²) in [4.78, 5) is 36.3. The van der Waals surface area contributed by atoms with Gasteiger partial charge in [0.2, 0.25) is 0 Å². The van der Waals surface area contributed by atoms with E-state index in [-0.39, 0.29) is 29.9 Å². The van der Waals surface area contributed by atoms with Crippen molar-refractivity contribution in [1.29, 1.82) is 0 Å². The Kier molecular flexibility index (Phi) is 27.4. The molecule has 2 unspecified atom stereocenters. The molecule has 2 atom stereocenters. The number of hydrogen-bond acceptors (Lipinski definition) is 3. The molecule has 1 aliphatic carbocycles. The van der Waals surface area contributed by atoms with Gasteiger partial charge < -0.3 is 9.36 Å². The van der Waals surface area contributed by atoms with Crippen LogP contribution < -0.4 is 0 Å². The maximum atomic E-state index is 14.2. The number of ketones is 2. The Balaban J connectivity index is 0.00000121. The number of rotatable bonds is 19. The summed E-state index contributed by atoms with van der Waals surface area (Å²) in [7, 11) is 5.98. The first-order valence-electron chi connectivity index (χ1n) is 22.1. The second-order valence-corrected chi connectivity index (χ2v) is 14.6. The largest absolute Gasteiger partial charge is 0.337 e. The summed E-state index contributed by atoms with van der Waals surface area (Å²) in [6, 6.07) is 10.9. The van der Waals surface area contributed by atoms with Crippen molar-refractivity contribution in [2.75, 3.05) is 0 Å². The molecule has 0 saturated heterocycles. The fourth-order valence-corrected chi connectivity index (χ4v) is 7.49. The molecule has 0 spiro atoms. The number of carbonyl (C=O) groups excluding carboxylic acids is 3. The number of aryl methyl sites for hydroxylation is 2. The number of aldehydes is 1. The lowest BCUT2D eigenvalue weighted by Crippen LogP contribution is -2.18. The minimum atomic E-state index is -0.0345. The normalized spacial score (nSPS) is 12.8. The molecular formula is C50H80BNO3. The number of nitrogens with zero attached hydrogens (tertiary/aromatic N) is 1. The van der Waals surface area contributed by atoms with Crippen molar-refractivity contribution >= 4 is 36.6 Å². The summed E-state index contributed by atoms with van der Waals surface area (Å²) in [5, 5.41) is 0.948. The van der Waals surface area contributed by atoms with Crippen LogP contribution in [0.25, 0.3) is 10.9 Å². The molecule has 1 heterocycles.